The summed E-state index contributed by atoms with van der Waals surface area (Å²) in [6.45, 7) is 6.28. The Morgan fingerprint density at radius 2 is 1.71 bits per heavy atom. The Hall–Kier alpha value is -2.33. The van der Waals surface area contributed by atoms with Gasteiger partial charge >= 0.3 is 0 Å². The van der Waals surface area contributed by atoms with Crippen LogP contribution in [0.15, 0.2) is 54.6 Å². The zero-order chi connectivity index (χ0) is 20.5. The van der Waals surface area contributed by atoms with Crippen LogP contribution in [0.5, 0.6) is 0 Å². The molecule has 0 aliphatic carbocycles. The van der Waals surface area contributed by atoms with Crippen molar-refractivity contribution in [3.8, 4) is 0 Å². The van der Waals surface area contributed by atoms with E-state index >= 15 is 0 Å². The zero-order valence-corrected chi connectivity index (χ0v) is 17.6. The molecule has 1 N–H and O–H groups in total. The Morgan fingerprint density at radius 1 is 1.04 bits per heavy atom. The van der Waals surface area contributed by atoms with Gasteiger partial charge < -0.3 is 10.2 Å². The molecule has 2 amide bonds. The molecule has 0 bridgehead atoms. The summed E-state index contributed by atoms with van der Waals surface area (Å²) in [6.07, 6.45) is 1.49. The van der Waals surface area contributed by atoms with Gasteiger partial charge in [-0.25, -0.2) is 0 Å². The fourth-order valence-electron chi connectivity index (χ4n) is 3.20. The van der Waals surface area contributed by atoms with E-state index in [4.69, 9.17) is 11.6 Å². The van der Waals surface area contributed by atoms with E-state index in [9.17, 15) is 9.59 Å². The molecule has 0 aromatic heterocycles. The third kappa shape index (κ3) is 6.68. The summed E-state index contributed by atoms with van der Waals surface area (Å²) in [5.41, 5.74) is 1.99. The van der Waals surface area contributed by atoms with Crippen molar-refractivity contribution < 1.29 is 9.59 Å². The van der Waals surface area contributed by atoms with Crippen molar-refractivity contribution in [1.29, 1.82) is 0 Å². The average Bonchev–Trinajstić information content (AvgIpc) is 2.65. The quantitative estimate of drug-likeness (QED) is 0.683. The molecule has 1 atom stereocenters. The number of hydrogen-bond acceptors (Lipinski definition) is 2. The minimum absolute atomic E-state index is 0.0283. The predicted octanol–water partition coefficient (Wildman–Crippen LogP) is 4.26. The highest BCUT2D eigenvalue weighted by molar-refractivity contribution is 6.30. The molecular weight excluding hydrogens is 372 g/mol. The van der Waals surface area contributed by atoms with Crippen LogP contribution < -0.4 is 5.32 Å². The molecular formula is C23H29ClN2O2. The molecule has 0 saturated heterocycles. The standard InChI is InChI=1S/C23H29ClN2O2/c1-4-21(23(28)25-17(2)3)26(14-13-18-9-6-5-7-10-18)22(27)16-19-11-8-12-20(24)15-19/h5-12,15,17,21H,4,13-14,16H2,1-3H3,(H,25,28). The van der Waals surface area contributed by atoms with Crippen LogP contribution in [0.3, 0.4) is 0 Å². The van der Waals surface area contributed by atoms with Crippen LogP contribution in [0.4, 0.5) is 0 Å². The first-order valence-corrected chi connectivity index (χ1v) is 10.2. The monoisotopic (exact) mass is 400 g/mol. The molecule has 2 aromatic carbocycles. The first kappa shape index (κ1) is 22.0. The third-order valence-corrected chi connectivity index (χ3v) is 4.78. The van der Waals surface area contributed by atoms with Crippen molar-refractivity contribution in [2.45, 2.75) is 52.1 Å². The summed E-state index contributed by atoms with van der Waals surface area (Å²) in [5, 5.41) is 3.55. The normalized spacial score (nSPS) is 11.9. The van der Waals surface area contributed by atoms with Crippen LogP contribution >= 0.6 is 11.6 Å². The van der Waals surface area contributed by atoms with Gasteiger partial charge in [-0.1, -0.05) is 61.0 Å². The molecule has 0 radical (unpaired) electrons. The summed E-state index contributed by atoms with van der Waals surface area (Å²) < 4.78 is 0. The Kier molecular flexibility index (Phi) is 8.52. The largest absolute Gasteiger partial charge is 0.352 e. The van der Waals surface area contributed by atoms with Crippen LogP contribution in [0.2, 0.25) is 5.02 Å². The van der Waals surface area contributed by atoms with Crippen LogP contribution in [0, 0.1) is 0 Å². The van der Waals surface area contributed by atoms with Crippen molar-refractivity contribution in [3.63, 3.8) is 0 Å². The molecule has 0 saturated carbocycles. The van der Waals surface area contributed by atoms with Gasteiger partial charge in [0.15, 0.2) is 0 Å². The maximum absolute atomic E-state index is 13.1. The molecule has 2 aromatic rings. The van der Waals surface area contributed by atoms with Gasteiger partial charge in [-0.3, -0.25) is 9.59 Å². The molecule has 0 spiro atoms. The molecule has 0 aliphatic heterocycles. The molecule has 150 valence electrons. The zero-order valence-electron chi connectivity index (χ0n) is 16.8. The topological polar surface area (TPSA) is 49.4 Å². The molecule has 4 nitrogen and oxygen atoms in total. The van der Waals surface area contributed by atoms with E-state index < -0.39 is 6.04 Å². The highest BCUT2D eigenvalue weighted by atomic mass is 35.5. The lowest BCUT2D eigenvalue weighted by Gasteiger charge is -2.31. The summed E-state index contributed by atoms with van der Waals surface area (Å²) in [5.74, 6) is -0.172. The van der Waals surface area contributed by atoms with Crippen molar-refractivity contribution in [2.75, 3.05) is 6.54 Å². The van der Waals surface area contributed by atoms with Crippen LogP contribution in [-0.4, -0.2) is 35.3 Å². The number of rotatable bonds is 9. The first-order chi connectivity index (χ1) is 13.4. The number of carbonyl (C=O) groups excluding carboxylic acids is 2. The summed E-state index contributed by atoms with van der Waals surface area (Å²) >= 11 is 6.06. The van der Waals surface area contributed by atoms with E-state index in [2.05, 4.69) is 5.32 Å². The van der Waals surface area contributed by atoms with Crippen molar-refractivity contribution in [3.05, 3.63) is 70.7 Å². The molecule has 0 fully saturated rings. The highest BCUT2D eigenvalue weighted by Crippen LogP contribution is 2.15. The number of nitrogens with zero attached hydrogens (tertiary/aromatic N) is 1. The molecule has 0 aliphatic rings. The average molecular weight is 401 g/mol. The number of benzene rings is 2. The Labute approximate surface area is 172 Å². The highest BCUT2D eigenvalue weighted by Gasteiger charge is 2.28. The number of amides is 2. The lowest BCUT2D eigenvalue weighted by atomic mass is 10.1. The fraction of sp³-hybridized carbons (Fsp3) is 0.391. The number of nitrogens with one attached hydrogen (secondary N) is 1. The van der Waals surface area contributed by atoms with Crippen LogP contribution in [0.25, 0.3) is 0 Å². The van der Waals surface area contributed by atoms with E-state index in [-0.39, 0.29) is 24.3 Å². The Morgan fingerprint density at radius 3 is 2.32 bits per heavy atom. The van der Waals surface area contributed by atoms with Gasteiger partial charge in [-0.2, -0.15) is 0 Å². The van der Waals surface area contributed by atoms with Gasteiger partial charge in [0.05, 0.1) is 6.42 Å². The predicted molar refractivity (Wildman–Crippen MR) is 114 cm³/mol. The van der Waals surface area contributed by atoms with Crippen molar-refractivity contribution >= 4 is 23.4 Å². The Bertz CT molecular complexity index is 777. The maximum atomic E-state index is 13.1. The van der Waals surface area contributed by atoms with E-state index in [1.165, 1.54) is 0 Å². The van der Waals surface area contributed by atoms with E-state index in [0.29, 0.717) is 24.4 Å². The molecule has 28 heavy (non-hydrogen) atoms. The lowest BCUT2D eigenvalue weighted by molar-refractivity contribution is -0.140. The van der Waals surface area contributed by atoms with E-state index in [1.54, 1.807) is 17.0 Å². The number of halogens is 1. The second-order valence-corrected chi connectivity index (χ2v) is 7.65. The molecule has 5 heteroatoms. The van der Waals surface area contributed by atoms with Gasteiger partial charge in [0, 0.05) is 17.6 Å². The minimum Gasteiger partial charge on any atom is -0.352 e. The maximum Gasteiger partial charge on any atom is 0.242 e. The number of carbonyl (C=O) groups is 2. The van der Waals surface area contributed by atoms with Crippen LogP contribution in [-0.2, 0) is 22.4 Å². The fourth-order valence-corrected chi connectivity index (χ4v) is 3.41. The van der Waals surface area contributed by atoms with E-state index in [1.807, 2.05) is 63.2 Å². The van der Waals surface area contributed by atoms with Gasteiger partial charge in [-0.15, -0.1) is 0 Å². The molecule has 2 rings (SSSR count). The lowest BCUT2D eigenvalue weighted by Crippen LogP contribution is -2.51. The van der Waals surface area contributed by atoms with Crippen LogP contribution in [0.1, 0.15) is 38.3 Å². The SMILES string of the molecule is CCC(C(=O)NC(C)C)N(CCc1ccccc1)C(=O)Cc1cccc(Cl)c1. The minimum atomic E-state index is -0.488. The van der Waals surface area contributed by atoms with Gasteiger partial charge in [0.25, 0.3) is 0 Å². The van der Waals surface area contributed by atoms with Gasteiger partial charge in [0.1, 0.15) is 6.04 Å². The summed E-state index contributed by atoms with van der Waals surface area (Å²) in [6, 6.07) is 16.8. The van der Waals surface area contributed by atoms with Crippen molar-refractivity contribution in [1.82, 2.24) is 10.2 Å². The second kappa shape index (κ2) is 10.9. The van der Waals surface area contributed by atoms with E-state index in [0.717, 1.165) is 11.1 Å². The summed E-state index contributed by atoms with van der Waals surface area (Å²) in [7, 11) is 0. The smallest absolute Gasteiger partial charge is 0.242 e. The first-order valence-electron chi connectivity index (χ1n) is 9.79. The molecule has 0 heterocycles. The van der Waals surface area contributed by atoms with Crippen molar-refractivity contribution in [2.24, 2.45) is 0 Å². The second-order valence-electron chi connectivity index (χ2n) is 7.22. The van der Waals surface area contributed by atoms with Gasteiger partial charge in [0.2, 0.25) is 11.8 Å². The summed E-state index contributed by atoms with van der Waals surface area (Å²) in [4.78, 5) is 27.6. The third-order valence-electron chi connectivity index (χ3n) is 4.55. The number of hydrogen-bond donors (Lipinski definition) is 1. The van der Waals surface area contributed by atoms with Gasteiger partial charge in [-0.05, 0) is 49.9 Å². The Balaban J connectivity index is 2.20. The molecule has 1 unspecified atom stereocenters.